The van der Waals surface area contributed by atoms with Crippen LogP contribution >= 0.6 is 51.3 Å². The summed E-state index contributed by atoms with van der Waals surface area (Å²) in [5.74, 6) is 1.14. The minimum Gasteiger partial charge on any atom is -0.493 e. The zero-order valence-corrected chi connectivity index (χ0v) is 18.6. The van der Waals surface area contributed by atoms with Crippen LogP contribution in [0.15, 0.2) is 39.9 Å². The fraction of sp³-hybridized carbons (Fsp3) is 0.222. The predicted molar refractivity (Wildman–Crippen MR) is 118 cm³/mol. The number of halogens is 3. The van der Waals surface area contributed by atoms with Crippen molar-refractivity contribution in [3.05, 3.63) is 56.0 Å². The van der Waals surface area contributed by atoms with Gasteiger partial charge in [-0.2, -0.15) is 5.10 Å². The average molecular weight is 491 g/mol. The minimum atomic E-state index is 0.282. The Labute approximate surface area is 182 Å². The van der Waals surface area contributed by atoms with Crippen molar-refractivity contribution >= 4 is 62.7 Å². The third-order valence-corrected chi connectivity index (χ3v) is 4.90. The number of nitrogens with zero attached hydrogens (tertiary/aromatic N) is 1. The SMILES string of the molecule is CCNC(=S)NN=Cc1cc(OC)c(OCc2ccc(Cl)cc2Cl)cc1Br. The first-order valence-corrected chi connectivity index (χ1v) is 9.91. The number of methoxy groups -OCH3 is 1. The number of hydrazone groups is 1. The van der Waals surface area contributed by atoms with Gasteiger partial charge in [0.25, 0.3) is 0 Å². The van der Waals surface area contributed by atoms with E-state index in [1.165, 1.54) is 0 Å². The normalized spacial score (nSPS) is 10.7. The molecule has 9 heteroatoms. The topological polar surface area (TPSA) is 54.9 Å². The van der Waals surface area contributed by atoms with Gasteiger partial charge in [-0.3, -0.25) is 5.43 Å². The van der Waals surface area contributed by atoms with Crippen LogP contribution in [0.3, 0.4) is 0 Å². The van der Waals surface area contributed by atoms with E-state index in [1.54, 1.807) is 25.5 Å². The molecule has 0 aliphatic rings. The molecule has 0 radical (unpaired) electrons. The van der Waals surface area contributed by atoms with Gasteiger partial charge in [-0.15, -0.1) is 0 Å². The fourth-order valence-corrected chi connectivity index (χ4v) is 3.16. The molecule has 0 unspecified atom stereocenters. The second kappa shape index (κ2) is 10.7. The van der Waals surface area contributed by atoms with Gasteiger partial charge in [0.05, 0.1) is 13.3 Å². The first kappa shape index (κ1) is 21.8. The molecule has 0 bridgehead atoms. The van der Waals surface area contributed by atoms with E-state index in [2.05, 4.69) is 31.8 Å². The lowest BCUT2D eigenvalue weighted by Crippen LogP contribution is -2.31. The van der Waals surface area contributed by atoms with E-state index in [9.17, 15) is 0 Å². The van der Waals surface area contributed by atoms with Gasteiger partial charge in [0, 0.05) is 32.2 Å². The second-order valence-electron chi connectivity index (χ2n) is 5.28. The van der Waals surface area contributed by atoms with E-state index in [0.717, 1.165) is 22.1 Å². The summed E-state index contributed by atoms with van der Waals surface area (Å²) in [5.41, 5.74) is 4.37. The number of ether oxygens (including phenoxy) is 2. The van der Waals surface area contributed by atoms with Gasteiger partial charge in [-0.25, -0.2) is 0 Å². The van der Waals surface area contributed by atoms with Crippen molar-refractivity contribution in [2.75, 3.05) is 13.7 Å². The first-order chi connectivity index (χ1) is 12.9. The molecule has 0 spiro atoms. The van der Waals surface area contributed by atoms with E-state index < -0.39 is 0 Å². The van der Waals surface area contributed by atoms with Gasteiger partial charge in [0.2, 0.25) is 0 Å². The molecule has 0 saturated carbocycles. The molecule has 5 nitrogen and oxygen atoms in total. The molecule has 2 N–H and O–H groups in total. The van der Waals surface area contributed by atoms with Gasteiger partial charge < -0.3 is 14.8 Å². The molecule has 144 valence electrons. The standard InChI is InChI=1S/C18H18BrCl2N3O2S/c1-3-22-18(27)24-23-9-12-6-16(25-2)17(8-14(12)19)26-10-11-4-5-13(20)7-15(11)21/h4-9H,3,10H2,1-2H3,(H2,22,24,27). The van der Waals surface area contributed by atoms with Crippen molar-refractivity contribution in [2.24, 2.45) is 5.10 Å². The van der Waals surface area contributed by atoms with Gasteiger partial charge >= 0.3 is 0 Å². The Morgan fingerprint density at radius 3 is 2.70 bits per heavy atom. The summed E-state index contributed by atoms with van der Waals surface area (Å²) in [6.45, 7) is 2.96. The first-order valence-electron chi connectivity index (χ1n) is 7.95. The zero-order valence-electron chi connectivity index (χ0n) is 14.7. The van der Waals surface area contributed by atoms with Gasteiger partial charge in [-0.1, -0.05) is 29.3 Å². The highest BCUT2D eigenvalue weighted by atomic mass is 79.9. The molecule has 0 atom stereocenters. The van der Waals surface area contributed by atoms with E-state index in [4.69, 9.17) is 44.9 Å². The molecule has 27 heavy (non-hydrogen) atoms. The number of benzene rings is 2. The fourth-order valence-electron chi connectivity index (χ4n) is 2.08. The largest absolute Gasteiger partial charge is 0.493 e. The Balaban J connectivity index is 2.12. The van der Waals surface area contributed by atoms with Crippen molar-refractivity contribution in [2.45, 2.75) is 13.5 Å². The zero-order chi connectivity index (χ0) is 19.8. The lowest BCUT2D eigenvalue weighted by molar-refractivity contribution is 0.284. The Kier molecular flexibility index (Phi) is 8.63. The quantitative estimate of drug-likeness (QED) is 0.319. The second-order valence-corrected chi connectivity index (χ2v) is 7.38. The van der Waals surface area contributed by atoms with Crippen molar-refractivity contribution in [1.29, 1.82) is 0 Å². The molecule has 2 aromatic carbocycles. The highest BCUT2D eigenvalue weighted by molar-refractivity contribution is 9.10. The summed E-state index contributed by atoms with van der Waals surface area (Å²) in [7, 11) is 1.57. The highest BCUT2D eigenvalue weighted by Gasteiger charge is 2.11. The van der Waals surface area contributed by atoms with Crippen LogP contribution in [0.4, 0.5) is 0 Å². The molecule has 0 amide bonds. The smallest absolute Gasteiger partial charge is 0.186 e. The summed E-state index contributed by atoms with van der Waals surface area (Å²) >= 11 is 20.7. The van der Waals surface area contributed by atoms with Crippen LogP contribution < -0.4 is 20.2 Å². The van der Waals surface area contributed by atoms with E-state index in [1.807, 2.05) is 25.1 Å². The van der Waals surface area contributed by atoms with Crippen LogP contribution in [-0.2, 0) is 6.61 Å². The maximum absolute atomic E-state index is 6.19. The van der Waals surface area contributed by atoms with Crippen LogP contribution in [0.1, 0.15) is 18.1 Å². The minimum absolute atomic E-state index is 0.282. The summed E-state index contributed by atoms with van der Waals surface area (Å²) in [5, 5.41) is 8.64. The van der Waals surface area contributed by atoms with Gasteiger partial charge in [-0.05, 0) is 59.3 Å². The maximum Gasteiger partial charge on any atom is 0.186 e. The third-order valence-electron chi connectivity index (χ3n) is 3.39. The molecular formula is C18H18BrCl2N3O2S. The molecule has 0 aromatic heterocycles. The van der Waals surface area contributed by atoms with E-state index >= 15 is 0 Å². The lowest BCUT2D eigenvalue weighted by Gasteiger charge is -2.13. The molecule has 2 aromatic rings. The predicted octanol–water partition coefficient (Wildman–Crippen LogP) is 5.16. The van der Waals surface area contributed by atoms with Crippen LogP contribution in [0.25, 0.3) is 0 Å². The molecular weight excluding hydrogens is 473 g/mol. The molecule has 0 fully saturated rings. The number of nitrogens with one attached hydrogen (secondary N) is 2. The maximum atomic E-state index is 6.19. The highest BCUT2D eigenvalue weighted by Crippen LogP contribution is 2.34. The Bertz CT molecular complexity index is 850. The van der Waals surface area contributed by atoms with Crippen molar-refractivity contribution in [1.82, 2.24) is 10.7 Å². The van der Waals surface area contributed by atoms with Gasteiger partial charge in [0.1, 0.15) is 6.61 Å². The molecule has 2 rings (SSSR count). The van der Waals surface area contributed by atoms with Crippen LogP contribution in [0.5, 0.6) is 11.5 Å². The number of hydrogen-bond donors (Lipinski definition) is 2. The summed E-state index contributed by atoms with van der Waals surface area (Å²) < 4.78 is 12.1. The Morgan fingerprint density at radius 1 is 1.26 bits per heavy atom. The average Bonchev–Trinajstić information content (AvgIpc) is 2.62. The monoisotopic (exact) mass is 489 g/mol. The third kappa shape index (κ3) is 6.53. The summed E-state index contributed by atoms with van der Waals surface area (Å²) in [6.07, 6.45) is 1.64. The number of thiocarbonyl (C=S) groups is 1. The van der Waals surface area contributed by atoms with Crippen molar-refractivity contribution in [3.63, 3.8) is 0 Å². The Morgan fingerprint density at radius 2 is 2.04 bits per heavy atom. The number of hydrogen-bond acceptors (Lipinski definition) is 4. The molecule has 0 heterocycles. The molecule has 0 aliphatic heterocycles. The van der Waals surface area contributed by atoms with E-state index in [-0.39, 0.29) is 6.61 Å². The summed E-state index contributed by atoms with van der Waals surface area (Å²) in [4.78, 5) is 0. The van der Waals surface area contributed by atoms with Crippen LogP contribution in [-0.4, -0.2) is 25.0 Å². The van der Waals surface area contributed by atoms with Crippen molar-refractivity contribution in [3.8, 4) is 11.5 Å². The van der Waals surface area contributed by atoms with Gasteiger partial charge in [0.15, 0.2) is 16.6 Å². The Hall–Kier alpha value is -1.54. The van der Waals surface area contributed by atoms with Crippen LogP contribution in [0.2, 0.25) is 10.0 Å². The van der Waals surface area contributed by atoms with Crippen LogP contribution in [0, 0.1) is 0 Å². The van der Waals surface area contributed by atoms with E-state index in [0.29, 0.717) is 26.7 Å². The lowest BCUT2D eigenvalue weighted by atomic mass is 10.2. The van der Waals surface area contributed by atoms with Crippen molar-refractivity contribution < 1.29 is 9.47 Å². The summed E-state index contributed by atoms with van der Waals surface area (Å²) in [6, 6.07) is 8.89. The molecule has 0 aliphatic carbocycles. The number of rotatable bonds is 7. The molecule has 0 saturated heterocycles.